The number of hydrogen-bond donors (Lipinski definition) is 1. The highest BCUT2D eigenvalue weighted by molar-refractivity contribution is 5.92. The predicted molar refractivity (Wildman–Crippen MR) is 85.4 cm³/mol. The van der Waals surface area contributed by atoms with Crippen LogP contribution in [0.1, 0.15) is 17.5 Å². The number of aryl methyl sites for hydroxylation is 1. The van der Waals surface area contributed by atoms with Crippen molar-refractivity contribution in [2.75, 3.05) is 33.8 Å². The Morgan fingerprint density at radius 3 is 3.05 bits per heavy atom. The summed E-state index contributed by atoms with van der Waals surface area (Å²) in [5.74, 6) is 1.44. The van der Waals surface area contributed by atoms with Gasteiger partial charge < -0.3 is 15.0 Å². The first-order chi connectivity index (χ1) is 10.1. The lowest BCUT2D eigenvalue weighted by Gasteiger charge is -2.14. The Labute approximate surface area is 126 Å². The van der Waals surface area contributed by atoms with E-state index < -0.39 is 0 Å². The summed E-state index contributed by atoms with van der Waals surface area (Å²) in [7, 11) is 3.60. The van der Waals surface area contributed by atoms with E-state index in [2.05, 4.69) is 5.32 Å². The second-order valence-electron chi connectivity index (χ2n) is 5.58. The highest BCUT2D eigenvalue weighted by Gasteiger charge is 2.24. The molecule has 1 saturated heterocycles. The monoisotopic (exact) mass is 288 g/mol. The molecule has 4 heteroatoms. The van der Waals surface area contributed by atoms with E-state index in [0.29, 0.717) is 5.92 Å². The number of methoxy groups -OCH3 is 1. The summed E-state index contributed by atoms with van der Waals surface area (Å²) in [5, 5.41) is 3.18. The highest BCUT2D eigenvalue weighted by atomic mass is 16.5. The molecule has 4 nitrogen and oxygen atoms in total. The van der Waals surface area contributed by atoms with Gasteiger partial charge in [0.1, 0.15) is 5.75 Å². The molecule has 1 aliphatic heterocycles. The minimum Gasteiger partial charge on any atom is -0.496 e. The van der Waals surface area contributed by atoms with Crippen LogP contribution in [-0.4, -0.2) is 44.6 Å². The zero-order valence-electron chi connectivity index (χ0n) is 13.1. The van der Waals surface area contributed by atoms with Gasteiger partial charge in [-0.05, 0) is 51.1 Å². The molecule has 21 heavy (non-hydrogen) atoms. The van der Waals surface area contributed by atoms with E-state index in [1.165, 1.54) is 0 Å². The van der Waals surface area contributed by atoms with Crippen LogP contribution in [0, 0.1) is 12.8 Å². The maximum atomic E-state index is 12.2. The van der Waals surface area contributed by atoms with Gasteiger partial charge in [0.2, 0.25) is 5.91 Å². The largest absolute Gasteiger partial charge is 0.496 e. The first-order valence-corrected chi connectivity index (χ1v) is 7.40. The average molecular weight is 288 g/mol. The maximum absolute atomic E-state index is 12.2. The molecule has 2 rings (SSSR count). The molecule has 0 spiro atoms. The van der Waals surface area contributed by atoms with Gasteiger partial charge in [-0.3, -0.25) is 4.79 Å². The molecule has 0 radical (unpaired) electrons. The zero-order valence-corrected chi connectivity index (χ0v) is 13.1. The highest BCUT2D eigenvalue weighted by Crippen LogP contribution is 2.21. The molecule has 0 aliphatic carbocycles. The molecule has 1 atom stereocenters. The van der Waals surface area contributed by atoms with Gasteiger partial charge in [0, 0.05) is 24.7 Å². The molecule has 1 amide bonds. The van der Waals surface area contributed by atoms with Crippen LogP contribution in [0.15, 0.2) is 24.3 Å². The Morgan fingerprint density at radius 1 is 1.52 bits per heavy atom. The lowest BCUT2D eigenvalue weighted by Crippen LogP contribution is -2.28. The summed E-state index contributed by atoms with van der Waals surface area (Å²) in [6, 6.07) is 5.95. The van der Waals surface area contributed by atoms with Crippen LogP contribution in [0.4, 0.5) is 0 Å². The number of hydrogen-bond acceptors (Lipinski definition) is 3. The SMILES string of the molecule is CNCC1CCN(C(=O)C=Cc2cc(C)ccc2OC)C1. The third kappa shape index (κ3) is 4.08. The molecule has 1 unspecified atom stereocenters. The van der Waals surface area contributed by atoms with Crippen molar-refractivity contribution >= 4 is 12.0 Å². The van der Waals surface area contributed by atoms with E-state index in [4.69, 9.17) is 4.74 Å². The van der Waals surface area contributed by atoms with Gasteiger partial charge in [0.15, 0.2) is 0 Å². The van der Waals surface area contributed by atoms with Crippen molar-refractivity contribution in [3.63, 3.8) is 0 Å². The Kier molecular flexibility index (Phi) is 5.39. The Hall–Kier alpha value is -1.81. The van der Waals surface area contributed by atoms with Crippen molar-refractivity contribution in [2.45, 2.75) is 13.3 Å². The van der Waals surface area contributed by atoms with Crippen LogP contribution in [0.3, 0.4) is 0 Å². The van der Waals surface area contributed by atoms with E-state index in [1.54, 1.807) is 13.2 Å². The van der Waals surface area contributed by atoms with Crippen LogP contribution in [0.2, 0.25) is 0 Å². The van der Waals surface area contributed by atoms with Gasteiger partial charge >= 0.3 is 0 Å². The molecule has 1 aromatic carbocycles. The summed E-state index contributed by atoms with van der Waals surface area (Å²) < 4.78 is 5.32. The minimum atomic E-state index is 0.0807. The molecule has 0 saturated carbocycles. The van der Waals surface area contributed by atoms with E-state index >= 15 is 0 Å². The van der Waals surface area contributed by atoms with Crippen LogP contribution in [0.25, 0.3) is 6.08 Å². The zero-order chi connectivity index (χ0) is 15.2. The molecule has 1 aromatic rings. The smallest absolute Gasteiger partial charge is 0.246 e. The molecule has 1 N–H and O–H groups in total. The van der Waals surface area contributed by atoms with Crippen molar-refractivity contribution in [1.82, 2.24) is 10.2 Å². The number of nitrogens with one attached hydrogen (secondary N) is 1. The molecule has 1 fully saturated rings. The third-order valence-electron chi connectivity index (χ3n) is 3.88. The summed E-state index contributed by atoms with van der Waals surface area (Å²) in [6.45, 7) is 4.69. The topological polar surface area (TPSA) is 41.6 Å². The summed E-state index contributed by atoms with van der Waals surface area (Å²) in [5.41, 5.74) is 2.09. The fraction of sp³-hybridized carbons (Fsp3) is 0.471. The fourth-order valence-electron chi connectivity index (χ4n) is 2.74. The number of carbonyl (C=O) groups is 1. The minimum absolute atomic E-state index is 0.0807. The van der Waals surface area contributed by atoms with Crippen LogP contribution in [-0.2, 0) is 4.79 Å². The van der Waals surface area contributed by atoms with E-state index in [1.807, 2.05) is 43.1 Å². The summed E-state index contributed by atoms with van der Waals surface area (Å²) >= 11 is 0. The molecule has 114 valence electrons. The van der Waals surface area contributed by atoms with Gasteiger partial charge in [-0.2, -0.15) is 0 Å². The van der Waals surface area contributed by atoms with Gasteiger partial charge in [-0.25, -0.2) is 0 Å². The molecule has 1 heterocycles. The van der Waals surface area contributed by atoms with E-state index in [0.717, 1.165) is 42.9 Å². The molecule has 0 aromatic heterocycles. The lowest BCUT2D eigenvalue weighted by molar-refractivity contribution is -0.125. The number of likely N-dealkylation sites (tertiary alicyclic amines) is 1. The van der Waals surface area contributed by atoms with Crippen LogP contribution in [0.5, 0.6) is 5.75 Å². The van der Waals surface area contributed by atoms with Gasteiger partial charge in [0.25, 0.3) is 0 Å². The van der Waals surface area contributed by atoms with E-state index in [-0.39, 0.29) is 5.91 Å². The number of amides is 1. The number of ether oxygens (including phenoxy) is 1. The van der Waals surface area contributed by atoms with Crippen LogP contribution < -0.4 is 10.1 Å². The fourth-order valence-corrected chi connectivity index (χ4v) is 2.74. The number of carbonyl (C=O) groups excluding carboxylic acids is 1. The van der Waals surface area contributed by atoms with Gasteiger partial charge in [-0.15, -0.1) is 0 Å². The predicted octanol–water partition coefficient (Wildman–Crippen LogP) is 2.08. The first-order valence-electron chi connectivity index (χ1n) is 7.40. The second-order valence-corrected chi connectivity index (χ2v) is 5.58. The second kappa shape index (κ2) is 7.27. The quantitative estimate of drug-likeness (QED) is 0.844. The normalized spacial score (nSPS) is 18.4. The average Bonchev–Trinajstić information content (AvgIpc) is 2.94. The molecular formula is C17H24N2O2. The van der Waals surface area contributed by atoms with E-state index in [9.17, 15) is 4.79 Å². The Morgan fingerprint density at radius 2 is 2.33 bits per heavy atom. The molecule has 0 bridgehead atoms. The summed E-state index contributed by atoms with van der Waals surface area (Å²) in [4.78, 5) is 14.1. The number of rotatable bonds is 5. The lowest BCUT2D eigenvalue weighted by atomic mass is 10.1. The van der Waals surface area contributed by atoms with Crippen LogP contribution >= 0.6 is 0 Å². The Bertz CT molecular complexity index is 526. The Balaban J connectivity index is 2.01. The third-order valence-corrected chi connectivity index (χ3v) is 3.88. The number of benzene rings is 1. The first kappa shape index (κ1) is 15.6. The maximum Gasteiger partial charge on any atom is 0.246 e. The summed E-state index contributed by atoms with van der Waals surface area (Å²) in [6.07, 6.45) is 4.58. The van der Waals surface area contributed by atoms with Crippen molar-refractivity contribution in [3.05, 3.63) is 35.4 Å². The molecule has 1 aliphatic rings. The standard InChI is InChI=1S/C17H24N2O2/c1-13-4-6-16(21-3)15(10-13)5-7-17(20)19-9-8-14(12-19)11-18-2/h4-7,10,14,18H,8-9,11-12H2,1-3H3. The van der Waals surface area contributed by atoms with Crippen molar-refractivity contribution < 1.29 is 9.53 Å². The van der Waals surface area contributed by atoms with Gasteiger partial charge in [0.05, 0.1) is 7.11 Å². The van der Waals surface area contributed by atoms with Crippen molar-refractivity contribution in [3.8, 4) is 5.75 Å². The van der Waals surface area contributed by atoms with Gasteiger partial charge in [-0.1, -0.05) is 11.6 Å². The molecular weight excluding hydrogens is 264 g/mol. The van der Waals surface area contributed by atoms with Crippen molar-refractivity contribution in [1.29, 1.82) is 0 Å². The van der Waals surface area contributed by atoms with Crippen molar-refractivity contribution in [2.24, 2.45) is 5.92 Å². The number of nitrogens with zero attached hydrogens (tertiary/aromatic N) is 1.